The largest absolute Gasteiger partial charge is 0.497 e. The van der Waals surface area contributed by atoms with Crippen LogP contribution in [-0.2, 0) is 17.8 Å². The van der Waals surface area contributed by atoms with Gasteiger partial charge in [-0.05, 0) is 57.2 Å². The first-order valence-corrected chi connectivity index (χ1v) is 17.1. The van der Waals surface area contributed by atoms with Gasteiger partial charge in [-0.3, -0.25) is 9.69 Å². The summed E-state index contributed by atoms with van der Waals surface area (Å²) in [5.74, 6) is 1.82. The SMILES string of the molecule is CC.CC.CC.CC.CCc1cc(OC)cc(OC)c1C(C)/C=C(\C)C1(NC(C)=O)CCN(Cc2cc(C)cc(C)c2)CC1. The Bertz CT molecular complexity index is 1050. The molecule has 0 aromatic heterocycles. The van der Waals surface area contributed by atoms with Crippen molar-refractivity contribution in [3.63, 3.8) is 0 Å². The highest BCUT2D eigenvalue weighted by Crippen LogP contribution is 2.38. The van der Waals surface area contributed by atoms with Crippen LogP contribution in [0.5, 0.6) is 11.5 Å². The van der Waals surface area contributed by atoms with Gasteiger partial charge in [0, 0.05) is 44.1 Å². The number of benzene rings is 2. The number of nitrogens with zero attached hydrogens (tertiary/aromatic N) is 1. The Balaban J connectivity index is 0. The molecular weight excluding hydrogens is 544 g/mol. The second-order valence-electron chi connectivity index (χ2n) is 10.4. The normalized spacial score (nSPS) is 14.4. The van der Waals surface area contributed by atoms with E-state index in [0.717, 1.165) is 50.4 Å². The molecule has 2 aromatic carbocycles. The number of methoxy groups -OCH3 is 2. The molecule has 0 spiro atoms. The summed E-state index contributed by atoms with van der Waals surface area (Å²) >= 11 is 0. The molecular formula is C39H68N2O3. The summed E-state index contributed by atoms with van der Waals surface area (Å²) < 4.78 is 11.3. The Kier molecular flexibility index (Phi) is 23.2. The fourth-order valence-corrected chi connectivity index (χ4v) is 5.84. The third-order valence-electron chi connectivity index (χ3n) is 7.56. The minimum Gasteiger partial charge on any atom is -0.497 e. The second kappa shape index (κ2) is 23.6. The Morgan fingerprint density at radius 1 is 0.886 bits per heavy atom. The van der Waals surface area contributed by atoms with Crippen LogP contribution in [0.15, 0.2) is 42.0 Å². The number of rotatable bonds is 9. The zero-order valence-electron chi connectivity index (χ0n) is 31.5. The van der Waals surface area contributed by atoms with Crippen LogP contribution in [0, 0.1) is 13.8 Å². The van der Waals surface area contributed by atoms with Crippen LogP contribution in [0.3, 0.4) is 0 Å². The third kappa shape index (κ3) is 13.1. The molecule has 252 valence electrons. The molecule has 1 unspecified atom stereocenters. The molecule has 1 heterocycles. The predicted octanol–water partition coefficient (Wildman–Crippen LogP) is 10.2. The first-order valence-electron chi connectivity index (χ1n) is 17.1. The van der Waals surface area contributed by atoms with Crippen LogP contribution in [0.4, 0.5) is 0 Å². The van der Waals surface area contributed by atoms with Crippen molar-refractivity contribution in [1.82, 2.24) is 10.2 Å². The molecule has 1 aliphatic heterocycles. The van der Waals surface area contributed by atoms with Crippen LogP contribution >= 0.6 is 0 Å². The number of allylic oxidation sites excluding steroid dienone is 1. The lowest BCUT2D eigenvalue weighted by Gasteiger charge is -2.43. The summed E-state index contributed by atoms with van der Waals surface area (Å²) in [6, 6.07) is 10.8. The third-order valence-corrected chi connectivity index (χ3v) is 7.56. The van der Waals surface area contributed by atoms with Crippen LogP contribution < -0.4 is 14.8 Å². The van der Waals surface area contributed by atoms with E-state index in [1.54, 1.807) is 21.1 Å². The lowest BCUT2D eigenvalue weighted by molar-refractivity contribution is -0.121. The summed E-state index contributed by atoms with van der Waals surface area (Å²) in [6.07, 6.45) is 5.00. The molecule has 0 aliphatic carbocycles. The minimum absolute atomic E-state index is 0.0226. The molecule has 1 aliphatic rings. The molecule has 0 saturated carbocycles. The van der Waals surface area contributed by atoms with Crippen molar-refractivity contribution in [3.05, 3.63) is 69.8 Å². The number of nitrogens with one attached hydrogen (secondary N) is 1. The maximum Gasteiger partial charge on any atom is 0.217 e. The summed E-state index contributed by atoms with van der Waals surface area (Å²) in [5, 5.41) is 3.34. The van der Waals surface area contributed by atoms with Crippen LogP contribution in [0.25, 0.3) is 0 Å². The van der Waals surface area contributed by atoms with Crippen molar-refractivity contribution < 1.29 is 14.3 Å². The quantitative estimate of drug-likeness (QED) is 0.286. The number of ether oxygens (including phenoxy) is 2. The maximum atomic E-state index is 12.3. The number of likely N-dealkylation sites (tertiary alicyclic amines) is 1. The van der Waals surface area contributed by atoms with Gasteiger partial charge in [0.25, 0.3) is 0 Å². The molecule has 1 fully saturated rings. The summed E-state index contributed by atoms with van der Waals surface area (Å²) in [5.41, 5.74) is 7.27. The molecule has 1 saturated heterocycles. The van der Waals surface area contributed by atoms with Crippen LogP contribution in [0.1, 0.15) is 130 Å². The average Bonchev–Trinajstić information content (AvgIpc) is 3.04. The van der Waals surface area contributed by atoms with Crippen LogP contribution in [0.2, 0.25) is 0 Å². The minimum atomic E-state index is -0.328. The second-order valence-corrected chi connectivity index (χ2v) is 10.4. The zero-order valence-corrected chi connectivity index (χ0v) is 31.5. The van der Waals surface area contributed by atoms with Gasteiger partial charge in [-0.25, -0.2) is 0 Å². The lowest BCUT2D eigenvalue weighted by atomic mass is 9.78. The molecule has 0 radical (unpaired) electrons. The number of amides is 1. The number of carbonyl (C=O) groups excluding carboxylic acids is 1. The van der Waals surface area contributed by atoms with Crippen LogP contribution in [-0.4, -0.2) is 43.7 Å². The van der Waals surface area contributed by atoms with E-state index in [0.29, 0.717) is 0 Å². The fourth-order valence-electron chi connectivity index (χ4n) is 5.84. The van der Waals surface area contributed by atoms with Crippen molar-refractivity contribution in [2.75, 3.05) is 27.3 Å². The Labute approximate surface area is 272 Å². The highest BCUT2D eigenvalue weighted by atomic mass is 16.5. The number of aryl methyl sites for hydroxylation is 3. The average molecular weight is 613 g/mol. The molecule has 5 heteroatoms. The van der Waals surface area contributed by atoms with E-state index in [4.69, 9.17) is 9.47 Å². The van der Waals surface area contributed by atoms with E-state index >= 15 is 0 Å². The molecule has 1 amide bonds. The standard InChI is InChI=1S/C31H44N2O3.4C2H6/c1-9-27-18-28(35-7)19-29(36-8)30(27)23(4)17-24(5)31(32-25(6)34)10-12-33(13-11-31)20-26-15-21(2)14-22(3)16-26;4*1-2/h14-19,23H,9-13,20H2,1-8H3,(H,32,34);4*1-2H3/b24-17+;;;;. The monoisotopic (exact) mass is 613 g/mol. The zero-order chi connectivity index (χ0) is 34.5. The van der Waals surface area contributed by atoms with E-state index in [1.807, 2.05) is 61.5 Å². The molecule has 2 aromatic rings. The molecule has 1 atom stereocenters. The number of carbonyl (C=O) groups is 1. The van der Waals surface area contributed by atoms with Gasteiger partial charge < -0.3 is 14.8 Å². The van der Waals surface area contributed by atoms with Crippen molar-refractivity contribution in [1.29, 1.82) is 0 Å². The summed E-state index contributed by atoms with van der Waals surface area (Å²) in [7, 11) is 3.40. The van der Waals surface area contributed by atoms with Crippen molar-refractivity contribution >= 4 is 5.91 Å². The lowest BCUT2D eigenvalue weighted by Crippen LogP contribution is -2.55. The van der Waals surface area contributed by atoms with E-state index in [-0.39, 0.29) is 17.4 Å². The summed E-state index contributed by atoms with van der Waals surface area (Å²) in [6.45, 7) is 31.3. The Morgan fingerprint density at radius 2 is 1.41 bits per heavy atom. The van der Waals surface area contributed by atoms with Crippen molar-refractivity contribution in [2.45, 2.75) is 134 Å². The van der Waals surface area contributed by atoms with E-state index in [9.17, 15) is 4.79 Å². The summed E-state index contributed by atoms with van der Waals surface area (Å²) in [4.78, 5) is 14.8. The number of piperidine rings is 1. The number of hydrogen-bond donors (Lipinski definition) is 1. The number of hydrogen-bond acceptors (Lipinski definition) is 4. The highest BCUT2D eigenvalue weighted by molar-refractivity contribution is 5.74. The first kappa shape index (κ1) is 43.3. The molecule has 5 nitrogen and oxygen atoms in total. The van der Waals surface area contributed by atoms with Gasteiger partial charge in [0.1, 0.15) is 11.5 Å². The Hall–Kier alpha value is -2.79. The topological polar surface area (TPSA) is 50.8 Å². The van der Waals surface area contributed by atoms with Gasteiger partial charge in [0.05, 0.1) is 19.8 Å². The van der Waals surface area contributed by atoms with Gasteiger partial charge in [-0.2, -0.15) is 0 Å². The maximum absolute atomic E-state index is 12.3. The van der Waals surface area contributed by atoms with Gasteiger partial charge in [-0.1, -0.05) is 110 Å². The van der Waals surface area contributed by atoms with Crippen molar-refractivity contribution in [3.8, 4) is 11.5 Å². The van der Waals surface area contributed by atoms with Gasteiger partial charge >= 0.3 is 0 Å². The molecule has 1 N–H and O–H groups in total. The van der Waals surface area contributed by atoms with E-state index in [2.05, 4.69) is 75.2 Å². The van der Waals surface area contributed by atoms with Crippen molar-refractivity contribution in [2.24, 2.45) is 0 Å². The van der Waals surface area contributed by atoms with E-state index in [1.165, 1.54) is 33.4 Å². The Morgan fingerprint density at radius 3 is 1.84 bits per heavy atom. The van der Waals surface area contributed by atoms with E-state index < -0.39 is 0 Å². The van der Waals surface area contributed by atoms with Gasteiger partial charge in [0.2, 0.25) is 5.91 Å². The molecule has 0 bridgehead atoms. The highest BCUT2D eigenvalue weighted by Gasteiger charge is 2.37. The van der Waals surface area contributed by atoms with Gasteiger partial charge in [-0.15, -0.1) is 0 Å². The smallest absolute Gasteiger partial charge is 0.217 e. The molecule has 3 rings (SSSR count). The fraction of sp³-hybridized carbons (Fsp3) is 0.615. The molecule has 44 heavy (non-hydrogen) atoms. The predicted molar refractivity (Wildman–Crippen MR) is 193 cm³/mol. The van der Waals surface area contributed by atoms with Gasteiger partial charge in [0.15, 0.2) is 0 Å². The first-order chi connectivity index (χ1) is 21.1.